The second kappa shape index (κ2) is 4.72. The summed E-state index contributed by atoms with van der Waals surface area (Å²) in [7, 11) is 0. The fourth-order valence-corrected chi connectivity index (χ4v) is 2.44. The van der Waals surface area contributed by atoms with E-state index in [-0.39, 0.29) is 6.54 Å². The Morgan fingerprint density at radius 1 is 1.38 bits per heavy atom. The van der Waals surface area contributed by atoms with Gasteiger partial charge < -0.3 is 10.4 Å². The number of aliphatic carboxylic acids is 1. The highest BCUT2D eigenvalue weighted by molar-refractivity contribution is 5.87. The van der Waals surface area contributed by atoms with Gasteiger partial charge in [0.2, 0.25) is 5.91 Å². The van der Waals surface area contributed by atoms with Gasteiger partial charge in [-0.05, 0) is 31.4 Å². The summed E-state index contributed by atoms with van der Waals surface area (Å²) in [4.78, 5) is 35.2. The molecule has 2 N–H and O–H groups in total. The number of carbonyl (C=O) groups is 2. The zero-order valence-corrected chi connectivity index (χ0v) is 11.2. The van der Waals surface area contributed by atoms with Crippen LogP contribution >= 0.6 is 0 Å². The smallest absolute Gasteiger partial charge is 0.350 e. The van der Waals surface area contributed by atoms with Gasteiger partial charge in [0.1, 0.15) is 12.1 Å². The third-order valence-corrected chi connectivity index (χ3v) is 3.78. The molecule has 2 aromatic rings. The quantitative estimate of drug-likeness (QED) is 0.798. The van der Waals surface area contributed by atoms with Crippen molar-refractivity contribution in [3.63, 3.8) is 0 Å². The van der Waals surface area contributed by atoms with Crippen molar-refractivity contribution in [2.45, 2.75) is 31.3 Å². The standard InChI is InChI=1S/C13H14N4O4/c18-10(14-13(11(19)20)5-3-6-13)8-17-12(21)16-7-2-1-4-9(16)15-17/h1-2,4,7H,3,5-6,8H2,(H,14,18)(H,19,20). The van der Waals surface area contributed by atoms with E-state index in [4.69, 9.17) is 5.11 Å². The van der Waals surface area contributed by atoms with Crippen molar-refractivity contribution in [1.29, 1.82) is 0 Å². The normalized spacial score (nSPS) is 16.4. The number of carboxylic acid groups (broad SMARTS) is 1. The Bertz CT molecular complexity index is 772. The fourth-order valence-electron chi connectivity index (χ4n) is 2.44. The molecule has 0 aromatic carbocycles. The average molecular weight is 290 g/mol. The van der Waals surface area contributed by atoms with Crippen LogP contribution in [0.2, 0.25) is 0 Å². The van der Waals surface area contributed by atoms with Gasteiger partial charge in [-0.25, -0.2) is 14.3 Å². The molecule has 0 spiro atoms. The van der Waals surface area contributed by atoms with Crippen molar-refractivity contribution >= 4 is 17.5 Å². The van der Waals surface area contributed by atoms with Gasteiger partial charge in [0.15, 0.2) is 5.65 Å². The highest BCUT2D eigenvalue weighted by Crippen LogP contribution is 2.31. The summed E-state index contributed by atoms with van der Waals surface area (Å²) in [6.07, 6.45) is 3.15. The summed E-state index contributed by atoms with van der Waals surface area (Å²) in [6, 6.07) is 5.08. The summed E-state index contributed by atoms with van der Waals surface area (Å²) in [5.41, 5.74) is -1.18. The van der Waals surface area contributed by atoms with Crippen LogP contribution in [0.4, 0.5) is 0 Å². The Labute approximate surface area is 119 Å². The lowest BCUT2D eigenvalue weighted by atomic mass is 9.77. The van der Waals surface area contributed by atoms with E-state index in [0.29, 0.717) is 18.5 Å². The largest absolute Gasteiger partial charge is 0.480 e. The molecule has 1 saturated carbocycles. The van der Waals surface area contributed by atoms with E-state index >= 15 is 0 Å². The molecule has 21 heavy (non-hydrogen) atoms. The monoisotopic (exact) mass is 290 g/mol. The predicted octanol–water partition coefficient (Wildman–Crippen LogP) is -0.381. The van der Waals surface area contributed by atoms with Gasteiger partial charge >= 0.3 is 11.7 Å². The molecule has 1 aliphatic rings. The third kappa shape index (κ3) is 2.18. The van der Waals surface area contributed by atoms with Crippen molar-refractivity contribution in [2.24, 2.45) is 0 Å². The van der Waals surface area contributed by atoms with Crippen LogP contribution in [0.25, 0.3) is 5.65 Å². The van der Waals surface area contributed by atoms with E-state index in [1.807, 2.05) is 0 Å². The number of carbonyl (C=O) groups excluding carboxylic acids is 1. The first-order valence-corrected chi connectivity index (χ1v) is 6.60. The molecule has 2 heterocycles. The zero-order valence-electron chi connectivity index (χ0n) is 11.2. The first kappa shape index (κ1) is 13.3. The number of hydrogen-bond acceptors (Lipinski definition) is 4. The second-order valence-corrected chi connectivity index (χ2v) is 5.16. The third-order valence-electron chi connectivity index (χ3n) is 3.78. The molecule has 0 saturated heterocycles. The summed E-state index contributed by atoms with van der Waals surface area (Å²) in [6.45, 7) is -0.296. The molecule has 8 nitrogen and oxygen atoms in total. The minimum Gasteiger partial charge on any atom is -0.480 e. The number of pyridine rings is 1. The molecule has 0 aliphatic heterocycles. The Morgan fingerprint density at radius 2 is 2.14 bits per heavy atom. The lowest BCUT2D eigenvalue weighted by Crippen LogP contribution is -2.59. The van der Waals surface area contributed by atoms with E-state index < -0.39 is 23.1 Å². The molecule has 0 radical (unpaired) electrons. The van der Waals surface area contributed by atoms with Gasteiger partial charge in [0.25, 0.3) is 0 Å². The van der Waals surface area contributed by atoms with Crippen LogP contribution in [0.1, 0.15) is 19.3 Å². The Balaban J connectivity index is 1.79. The second-order valence-electron chi connectivity index (χ2n) is 5.16. The maximum Gasteiger partial charge on any atom is 0.350 e. The SMILES string of the molecule is O=C(Cn1nc2ccccn2c1=O)NC1(C(=O)O)CCC1. The topological polar surface area (TPSA) is 106 Å². The molecular formula is C13H14N4O4. The van der Waals surface area contributed by atoms with Crippen LogP contribution in [0.15, 0.2) is 29.2 Å². The molecule has 1 fully saturated rings. The lowest BCUT2D eigenvalue weighted by molar-refractivity contribution is -0.151. The molecule has 110 valence electrons. The van der Waals surface area contributed by atoms with Crippen LogP contribution in [0.3, 0.4) is 0 Å². The lowest BCUT2D eigenvalue weighted by Gasteiger charge is -2.38. The number of carboxylic acids is 1. The number of fused-ring (bicyclic) bond motifs is 1. The Kier molecular flexibility index (Phi) is 3.00. The van der Waals surface area contributed by atoms with Crippen molar-refractivity contribution in [2.75, 3.05) is 0 Å². The molecular weight excluding hydrogens is 276 g/mol. The summed E-state index contributed by atoms with van der Waals surface area (Å²) in [5, 5.41) is 15.7. The molecule has 8 heteroatoms. The number of nitrogens with one attached hydrogen (secondary N) is 1. The molecule has 2 aromatic heterocycles. The number of nitrogens with zero attached hydrogens (tertiary/aromatic N) is 3. The maximum absolute atomic E-state index is 12.0. The molecule has 1 aliphatic carbocycles. The van der Waals surface area contributed by atoms with Gasteiger partial charge in [-0.1, -0.05) is 6.07 Å². The van der Waals surface area contributed by atoms with Gasteiger partial charge in [-0.15, -0.1) is 5.10 Å². The maximum atomic E-state index is 12.0. The van der Waals surface area contributed by atoms with Crippen LogP contribution in [-0.2, 0) is 16.1 Å². The van der Waals surface area contributed by atoms with Crippen LogP contribution in [0, 0.1) is 0 Å². The van der Waals surface area contributed by atoms with Gasteiger partial charge in [0.05, 0.1) is 0 Å². The van der Waals surface area contributed by atoms with E-state index in [9.17, 15) is 14.4 Å². The fraction of sp³-hybridized carbons (Fsp3) is 0.385. The zero-order chi connectivity index (χ0) is 15.0. The minimum absolute atomic E-state index is 0.296. The van der Waals surface area contributed by atoms with Crippen LogP contribution in [0.5, 0.6) is 0 Å². The molecule has 0 unspecified atom stereocenters. The average Bonchev–Trinajstić information content (AvgIpc) is 2.71. The number of amides is 1. The molecule has 0 atom stereocenters. The number of rotatable bonds is 4. The number of aromatic nitrogens is 3. The summed E-state index contributed by atoms with van der Waals surface area (Å²) < 4.78 is 2.35. The van der Waals surface area contributed by atoms with Crippen molar-refractivity contribution in [1.82, 2.24) is 19.5 Å². The molecule has 3 rings (SSSR count). The summed E-state index contributed by atoms with van der Waals surface area (Å²) >= 11 is 0. The van der Waals surface area contributed by atoms with E-state index in [1.54, 1.807) is 24.4 Å². The van der Waals surface area contributed by atoms with Crippen molar-refractivity contribution in [3.8, 4) is 0 Å². The van der Waals surface area contributed by atoms with Crippen LogP contribution < -0.4 is 11.0 Å². The Morgan fingerprint density at radius 3 is 2.71 bits per heavy atom. The van der Waals surface area contributed by atoms with E-state index in [2.05, 4.69) is 10.4 Å². The van der Waals surface area contributed by atoms with E-state index in [0.717, 1.165) is 11.1 Å². The van der Waals surface area contributed by atoms with Gasteiger partial charge in [-0.3, -0.25) is 9.20 Å². The first-order valence-electron chi connectivity index (χ1n) is 6.60. The highest BCUT2D eigenvalue weighted by atomic mass is 16.4. The number of hydrogen-bond donors (Lipinski definition) is 2. The first-order chi connectivity index (χ1) is 10.0. The minimum atomic E-state index is -1.18. The highest BCUT2D eigenvalue weighted by Gasteiger charge is 2.45. The van der Waals surface area contributed by atoms with Gasteiger partial charge in [0, 0.05) is 6.20 Å². The van der Waals surface area contributed by atoms with Gasteiger partial charge in [-0.2, -0.15) is 0 Å². The molecule has 1 amide bonds. The predicted molar refractivity (Wildman–Crippen MR) is 71.8 cm³/mol. The van der Waals surface area contributed by atoms with Crippen LogP contribution in [-0.4, -0.2) is 36.7 Å². The van der Waals surface area contributed by atoms with E-state index in [1.165, 1.54) is 4.40 Å². The Hall–Kier alpha value is -2.64. The summed E-state index contributed by atoms with van der Waals surface area (Å²) in [5.74, 6) is -1.56. The van der Waals surface area contributed by atoms with Crippen molar-refractivity contribution in [3.05, 3.63) is 34.9 Å². The molecule has 0 bridgehead atoms. The van der Waals surface area contributed by atoms with Crippen molar-refractivity contribution < 1.29 is 14.7 Å².